The predicted octanol–water partition coefficient (Wildman–Crippen LogP) is 1.93. The summed E-state index contributed by atoms with van der Waals surface area (Å²) >= 11 is 0. The van der Waals surface area contributed by atoms with Gasteiger partial charge >= 0.3 is 0 Å². The molecule has 0 aromatic carbocycles. The highest BCUT2D eigenvalue weighted by Crippen LogP contribution is 2.61. The van der Waals surface area contributed by atoms with Gasteiger partial charge in [-0.05, 0) is 79.4 Å². The van der Waals surface area contributed by atoms with Gasteiger partial charge in [-0.3, -0.25) is 19.4 Å². The molecule has 1 aromatic heterocycles. The van der Waals surface area contributed by atoms with E-state index in [-0.39, 0.29) is 42.6 Å². The van der Waals surface area contributed by atoms with Crippen molar-refractivity contribution in [3.05, 3.63) is 30.1 Å². The van der Waals surface area contributed by atoms with Crippen LogP contribution >= 0.6 is 0 Å². The zero-order valence-corrected chi connectivity index (χ0v) is 17.5. The van der Waals surface area contributed by atoms with Crippen LogP contribution in [0.25, 0.3) is 0 Å². The molecule has 1 heterocycles. The summed E-state index contributed by atoms with van der Waals surface area (Å²) in [4.78, 5) is 40.3. The Morgan fingerprint density at radius 2 is 1.50 bits per heavy atom. The van der Waals surface area contributed by atoms with Crippen LogP contribution in [-0.4, -0.2) is 35.8 Å². The molecule has 4 fully saturated rings. The maximum atomic E-state index is 12.5. The minimum absolute atomic E-state index is 0.0119. The van der Waals surface area contributed by atoms with Crippen molar-refractivity contribution in [3.8, 4) is 0 Å². The van der Waals surface area contributed by atoms with Crippen molar-refractivity contribution >= 4 is 17.7 Å². The molecular weight excluding hydrogens is 380 g/mol. The van der Waals surface area contributed by atoms with E-state index < -0.39 is 0 Å². The highest BCUT2D eigenvalue weighted by molar-refractivity contribution is 5.85. The van der Waals surface area contributed by atoms with Gasteiger partial charge in [0.1, 0.15) is 0 Å². The number of pyridine rings is 1. The second-order valence-corrected chi connectivity index (χ2v) is 9.60. The molecule has 3 N–H and O–H groups in total. The molecule has 0 atom stereocenters. The first-order valence-electron chi connectivity index (χ1n) is 11.2. The van der Waals surface area contributed by atoms with Gasteiger partial charge in [-0.2, -0.15) is 0 Å². The van der Waals surface area contributed by atoms with Crippen molar-refractivity contribution in [2.45, 2.75) is 57.9 Å². The lowest BCUT2D eigenvalue weighted by molar-refractivity contribution is -0.132. The fourth-order valence-corrected chi connectivity index (χ4v) is 6.26. The molecule has 7 heteroatoms. The highest BCUT2D eigenvalue weighted by atomic mass is 16.2. The summed E-state index contributed by atoms with van der Waals surface area (Å²) < 4.78 is 0. The van der Waals surface area contributed by atoms with Crippen LogP contribution in [0.2, 0.25) is 0 Å². The monoisotopic (exact) mass is 412 g/mol. The molecule has 3 amide bonds. The summed E-state index contributed by atoms with van der Waals surface area (Å²) in [5.41, 5.74) is 1.16. The quantitative estimate of drug-likeness (QED) is 0.577. The number of hydrogen-bond donors (Lipinski definition) is 3. The molecule has 1 aromatic rings. The fourth-order valence-electron chi connectivity index (χ4n) is 6.26. The molecule has 4 saturated carbocycles. The van der Waals surface area contributed by atoms with E-state index in [4.69, 9.17) is 0 Å². The first kappa shape index (κ1) is 20.8. The van der Waals surface area contributed by atoms with Crippen molar-refractivity contribution < 1.29 is 14.4 Å². The van der Waals surface area contributed by atoms with E-state index >= 15 is 0 Å². The van der Waals surface area contributed by atoms with Crippen LogP contribution in [-0.2, 0) is 20.9 Å². The molecular formula is C23H32N4O3. The Morgan fingerprint density at radius 1 is 0.867 bits per heavy atom. The van der Waals surface area contributed by atoms with E-state index in [1.165, 1.54) is 38.5 Å². The number of nitrogens with zero attached hydrogens (tertiary/aromatic N) is 1. The molecule has 162 valence electrons. The number of carbonyl (C=O) groups is 3. The van der Waals surface area contributed by atoms with Crippen LogP contribution in [0.4, 0.5) is 0 Å². The Hall–Kier alpha value is -2.44. The molecule has 4 aliphatic carbocycles. The Bertz CT molecular complexity index is 745. The molecule has 0 saturated heterocycles. The molecule has 0 aliphatic heterocycles. The third-order valence-electron chi connectivity index (χ3n) is 7.06. The van der Waals surface area contributed by atoms with E-state index in [0.717, 1.165) is 23.3 Å². The maximum Gasteiger partial charge on any atom is 0.239 e. The van der Waals surface area contributed by atoms with Crippen LogP contribution in [0.1, 0.15) is 56.9 Å². The summed E-state index contributed by atoms with van der Waals surface area (Å²) in [5, 5.41) is 8.29. The number of carbonyl (C=O) groups excluding carboxylic acids is 3. The van der Waals surface area contributed by atoms with Gasteiger partial charge in [0, 0.05) is 38.3 Å². The van der Waals surface area contributed by atoms with Gasteiger partial charge in [-0.1, -0.05) is 0 Å². The standard InChI is InChI=1S/C23H32N4O3/c28-20(26-14-16-1-4-24-5-2-16)3-6-25-22(30)15-27-21(29)13-23-10-17-7-18(11-23)9-19(8-17)12-23/h1-2,4-5,17-19H,3,6-15H2,(H,25,30)(H,26,28)(H,27,29). The number of rotatable bonds is 9. The van der Waals surface area contributed by atoms with Crippen LogP contribution in [0.5, 0.6) is 0 Å². The average Bonchev–Trinajstić information content (AvgIpc) is 2.70. The van der Waals surface area contributed by atoms with Crippen molar-refractivity contribution in [2.75, 3.05) is 13.1 Å². The van der Waals surface area contributed by atoms with E-state index in [2.05, 4.69) is 20.9 Å². The molecule has 4 bridgehead atoms. The number of amides is 3. The molecule has 7 nitrogen and oxygen atoms in total. The molecule has 0 unspecified atom stereocenters. The predicted molar refractivity (Wildman–Crippen MR) is 112 cm³/mol. The Kier molecular flexibility index (Phi) is 6.35. The summed E-state index contributed by atoms with van der Waals surface area (Å²) in [7, 11) is 0. The average molecular weight is 413 g/mol. The van der Waals surface area contributed by atoms with Gasteiger partial charge in [0.2, 0.25) is 17.7 Å². The van der Waals surface area contributed by atoms with E-state index in [1.54, 1.807) is 12.4 Å². The summed E-state index contributed by atoms with van der Waals surface area (Å²) in [6.07, 6.45) is 11.8. The van der Waals surface area contributed by atoms with Crippen molar-refractivity contribution in [3.63, 3.8) is 0 Å². The van der Waals surface area contributed by atoms with Crippen molar-refractivity contribution in [1.29, 1.82) is 0 Å². The number of aromatic nitrogens is 1. The third-order valence-corrected chi connectivity index (χ3v) is 7.06. The van der Waals surface area contributed by atoms with E-state index in [0.29, 0.717) is 13.0 Å². The second-order valence-electron chi connectivity index (χ2n) is 9.60. The largest absolute Gasteiger partial charge is 0.354 e. The van der Waals surface area contributed by atoms with Crippen LogP contribution in [0, 0.1) is 23.2 Å². The number of nitrogens with one attached hydrogen (secondary N) is 3. The summed E-state index contributed by atoms with van der Waals surface area (Å²) in [5.74, 6) is 2.06. The van der Waals surface area contributed by atoms with Gasteiger partial charge in [0.05, 0.1) is 6.54 Å². The lowest BCUT2D eigenvalue weighted by Crippen LogP contribution is -2.48. The Balaban J connectivity index is 1.10. The van der Waals surface area contributed by atoms with Crippen LogP contribution < -0.4 is 16.0 Å². The zero-order chi connectivity index (χ0) is 21.0. The van der Waals surface area contributed by atoms with Gasteiger partial charge in [0.25, 0.3) is 0 Å². The number of hydrogen-bond acceptors (Lipinski definition) is 4. The minimum Gasteiger partial charge on any atom is -0.354 e. The van der Waals surface area contributed by atoms with Crippen LogP contribution in [0.15, 0.2) is 24.5 Å². The molecule has 30 heavy (non-hydrogen) atoms. The minimum atomic E-state index is -0.254. The van der Waals surface area contributed by atoms with Gasteiger partial charge in [-0.15, -0.1) is 0 Å². The van der Waals surface area contributed by atoms with Crippen molar-refractivity contribution in [1.82, 2.24) is 20.9 Å². The first-order chi connectivity index (χ1) is 14.5. The van der Waals surface area contributed by atoms with Gasteiger partial charge in [0.15, 0.2) is 0 Å². The van der Waals surface area contributed by atoms with E-state index in [1.807, 2.05) is 12.1 Å². The SMILES string of the molecule is O=C(CCNC(=O)CNC(=O)CC12CC3CC(CC(C3)C1)C2)NCc1ccncc1. The van der Waals surface area contributed by atoms with Crippen LogP contribution in [0.3, 0.4) is 0 Å². The Labute approximate surface area is 177 Å². The van der Waals surface area contributed by atoms with Gasteiger partial charge < -0.3 is 16.0 Å². The van der Waals surface area contributed by atoms with Gasteiger partial charge in [-0.25, -0.2) is 0 Å². The molecule has 0 radical (unpaired) electrons. The maximum absolute atomic E-state index is 12.5. The molecule has 5 rings (SSSR count). The zero-order valence-electron chi connectivity index (χ0n) is 17.5. The smallest absolute Gasteiger partial charge is 0.239 e. The third kappa shape index (κ3) is 5.37. The topological polar surface area (TPSA) is 100 Å². The lowest BCUT2D eigenvalue weighted by atomic mass is 9.49. The molecule has 4 aliphatic rings. The normalized spacial score (nSPS) is 28.7. The summed E-state index contributed by atoms with van der Waals surface area (Å²) in [6, 6.07) is 3.68. The second kappa shape index (κ2) is 9.14. The van der Waals surface area contributed by atoms with E-state index in [9.17, 15) is 14.4 Å². The van der Waals surface area contributed by atoms with Crippen molar-refractivity contribution in [2.24, 2.45) is 23.2 Å². The fraction of sp³-hybridized carbons (Fsp3) is 0.652. The Morgan fingerprint density at radius 3 is 2.13 bits per heavy atom. The first-order valence-corrected chi connectivity index (χ1v) is 11.2. The summed E-state index contributed by atoms with van der Waals surface area (Å²) in [6.45, 7) is 0.672. The highest BCUT2D eigenvalue weighted by Gasteiger charge is 2.51. The molecule has 0 spiro atoms. The lowest BCUT2D eigenvalue weighted by Gasteiger charge is -2.56.